The van der Waals surface area contributed by atoms with Crippen molar-refractivity contribution in [1.82, 2.24) is 10.3 Å². The van der Waals surface area contributed by atoms with Gasteiger partial charge in [0.1, 0.15) is 5.01 Å². The maximum absolute atomic E-state index is 6.08. The van der Waals surface area contributed by atoms with Crippen LogP contribution in [-0.2, 0) is 0 Å². The van der Waals surface area contributed by atoms with Gasteiger partial charge in [0, 0.05) is 23.7 Å². The normalized spacial score (nSPS) is 17.1. The Morgan fingerprint density at radius 3 is 2.69 bits per heavy atom. The van der Waals surface area contributed by atoms with E-state index in [1.807, 2.05) is 6.92 Å². The number of nitrogens with one attached hydrogen (secondary N) is 1. The Morgan fingerprint density at radius 1 is 1.50 bits per heavy atom. The molecule has 1 aromatic heterocycles. The molecule has 0 bridgehead atoms. The van der Waals surface area contributed by atoms with Crippen LogP contribution in [0.15, 0.2) is 5.38 Å². The summed E-state index contributed by atoms with van der Waals surface area (Å²) in [4.78, 5) is 4.47. The highest BCUT2D eigenvalue weighted by atomic mass is 32.1. The van der Waals surface area contributed by atoms with Crippen molar-refractivity contribution in [1.29, 1.82) is 0 Å². The van der Waals surface area contributed by atoms with Crippen molar-refractivity contribution in [3.05, 3.63) is 16.1 Å². The minimum Gasteiger partial charge on any atom is -0.326 e. The number of hydrogen-bond donors (Lipinski definition) is 2. The Morgan fingerprint density at radius 2 is 2.19 bits per heavy atom. The Labute approximate surface area is 102 Å². The summed E-state index contributed by atoms with van der Waals surface area (Å²) in [7, 11) is 0. The van der Waals surface area contributed by atoms with E-state index in [0.29, 0.717) is 12.0 Å². The van der Waals surface area contributed by atoms with E-state index < -0.39 is 0 Å². The van der Waals surface area contributed by atoms with Crippen LogP contribution in [0.4, 0.5) is 0 Å². The minimum absolute atomic E-state index is 0.230. The molecule has 3 N–H and O–H groups in total. The zero-order valence-electron chi connectivity index (χ0n) is 10.7. The van der Waals surface area contributed by atoms with E-state index in [-0.39, 0.29) is 6.04 Å². The lowest BCUT2D eigenvalue weighted by Gasteiger charge is -2.20. The lowest BCUT2D eigenvalue weighted by Crippen LogP contribution is -2.39. The summed E-state index contributed by atoms with van der Waals surface area (Å²) in [6.45, 7) is 9.40. The molecule has 3 atom stereocenters. The molecule has 0 aliphatic rings. The summed E-state index contributed by atoms with van der Waals surface area (Å²) in [5.74, 6) is 0.567. The van der Waals surface area contributed by atoms with E-state index in [0.717, 1.165) is 23.7 Å². The number of aromatic nitrogens is 1. The van der Waals surface area contributed by atoms with Crippen molar-refractivity contribution in [3.63, 3.8) is 0 Å². The van der Waals surface area contributed by atoms with Crippen LogP contribution in [0.3, 0.4) is 0 Å². The first-order valence-electron chi connectivity index (χ1n) is 5.95. The van der Waals surface area contributed by atoms with Gasteiger partial charge >= 0.3 is 0 Å². The smallest absolute Gasteiger partial charge is 0.110 e. The van der Waals surface area contributed by atoms with Gasteiger partial charge in [0.25, 0.3) is 0 Å². The Balaban J connectivity index is 2.38. The molecule has 0 radical (unpaired) electrons. The van der Waals surface area contributed by atoms with Crippen LogP contribution < -0.4 is 11.1 Å². The molecule has 1 heterocycles. The van der Waals surface area contributed by atoms with E-state index in [4.69, 9.17) is 5.73 Å². The summed E-state index contributed by atoms with van der Waals surface area (Å²) in [6.07, 6.45) is 1.13. The highest BCUT2D eigenvalue weighted by Crippen LogP contribution is 2.17. The maximum Gasteiger partial charge on any atom is 0.110 e. The third-order valence-electron chi connectivity index (χ3n) is 3.04. The monoisotopic (exact) mass is 241 g/mol. The average molecular weight is 241 g/mol. The molecular weight excluding hydrogens is 218 g/mol. The van der Waals surface area contributed by atoms with Gasteiger partial charge in [0.15, 0.2) is 0 Å². The average Bonchev–Trinajstić information content (AvgIpc) is 2.71. The van der Waals surface area contributed by atoms with Crippen molar-refractivity contribution < 1.29 is 0 Å². The molecule has 92 valence electrons. The predicted octanol–water partition coefficient (Wildman–Crippen LogP) is 2.48. The predicted molar refractivity (Wildman–Crippen MR) is 70.7 cm³/mol. The van der Waals surface area contributed by atoms with Gasteiger partial charge in [0.2, 0.25) is 0 Å². The van der Waals surface area contributed by atoms with Crippen LogP contribution >= 0.6 is 11.3 Å². The van der Waals surface area contributed by atoms with Crippen LogP contribution in [0.2, 0.25) is 0 Å². The van der Waals surface area contributed by atoms with Gasteiger partial charge in [-0.2, -0.15) is 0 Å². The fraction of sp³-hybridized carbons (Fsp3) is 0.750. The van der Waals surface area contributed by atoms with E-state index in [1.165, 1.54) is 0 Å². The second-order valence-electron chi connectivity index (χ2n) is 4.51. The van der Waals surface area contributed by atoms with Crippen molar-refractivity contribution in [2.75, 3.05) is 6.54 Å². The van der Waals surface area contributed by atoms with E-state index in [2.05, 4.69) is 36.5 Å². The van der Waals surface area contributed by atoms with E-state index in [9.17, 15) is 0 Å². The van der Waals surface area contributed by atoms with Crippen molar-refractivity contribution >= 4 is 11.3 Å². The molecule has 3 nitrogen and oxygen atoms in total. The molecule has 16 heavy (non-hydrogen) atoms. The second-order valence-corrected chi connectivity index (χ2v) is 5.40. The van der Waals surface area contributed by atoms with Crippen LogP contribution in [0.25, 0.3) is 0 Å². The van der Waals surface area contributed by atoms with E-state index >= 15 is 0 Å². The Bertz CT molecular complexity index is 311. The highest BCUT2D eigenvalue weighted by molar-refractivity contribution is 7.09. The Kier molecular flexibility index (Phi) is 5.38. The summed E-state index contributed by atoms with van der Waals surface area (Å²) >= 11 is 1.71. The molecule has 0 aliphatic heterocycles. The van der Waals surface area contributed by atoms with Crippen LogP contribution in [0, 0.1) is 12.8 Å². The van der Waals surface area contributed by atoms with Crippen LogP contribution in [0.5, 0.6) is 0 Å². The van der Waals surface area contributed by atoms with Gasteiger partial charge in [-0.25, -0.2) is 4.98 Å². The van der Waals surface area contributed by atoms with Gasteiger partial charge in [-0.3, -0.25) is 0 Å². The third kappa shape index (κ3) is 3.85. The number of nitrogens with zero attached hydrogens (tertiary/aromatic N) is 1. The summed E-state index contributed by atoms with van der Waals surface area (Å²) < 4.78 is 0. The molecular formula is C12H23N3S. The highest BCUT2D eigenvalue weighted by Gasteiger charge is 2.14. The number of aryl methyl sites for hydroxylation is 1. The van der Waals surface area contributed by atoms with Gasteiger partial charge in [-0.1, -0.05) is 20.3 Å². The van der Waals surface area contributed by atoms with Crippen LogP contribution in [-0.4, -0.2) is 17.6 Å². The van der Waals surface area contributed by atoms with Gasteiger partial charge in [-0.05, 0) is 19.8 Å². The first kappa shape index (κ1) is 13.6. The standard InChI is InChI=1S/C12H23N3S/c1-5-8(2)11(13)6-14-10(4)12-15-9(3)7-16-12/h7-8,10-11,14H,5-6,13H2,1-4H3. The zero-order valence-corrected chi connectivity index (χ0v) is 11.5. The molecule has 1 rings (SSSR count). The Hall–Kier alpha value is -0.450. The lowest BCUT2D eigenvalue weighted by molar-refractivity contribution is 0.402. The number of hydrogen-bond acceptors (Lipinski definition) is 4. The summed E-state index contributed by atoms with van der Waals surface area (Å²) in [5, 5.41) is 6.68. The quantitative estimate of drug-likeness (QED) is 0.804. The molecule has 3 unspecified atom stereocenters. The summed E-state index contributed by atoms with van der Waals surface area (Å²) in [5.41, 5.74) is 7.18. The summed E-state index contributed by atoms with van der Waals surface area (Å²) in [6, 6.07) is 0.530. The molecule has 0 saturated carbocycles. The molecule has 0 amide bonds. The molecule has 0 fully saturated rings. The second kappa shape index (κ2) is 6.33. The maximum atomic E-state index is 6.08. The number of thiazole rings is 1. The molecule has 4 heteroatoms. The van der Waals surface area contributed by atoms with Gasteiger partial charge in [0.05, 0.1) is 6.04 Å². The van der Waals surface area contributed by atoms with Gasteiger partial charge < -0.3 is 11.1 Å². The van der Waals surface area contributed by atoms with Crippen molar-refractivity contribution in [2.45, 2.75) is 46.2 Å². The largest absolute Gasteiger partial charge is 0.326 e. The number of nitrogens with two attached hydrogens (primary N) is 1. The van der Waals surface area contributed by atoms with E-state index in [1.54, 1.807) is 11.3 Å². The number of rotatable bonds is 6. The molecule has 1 aromatic rings. The minimum atomic E-state index is 0.230. The lowest BCUT2D eigenvalue weighted by atomic mass is 10.00. The third-order valence-corrected chi connectivity index (χ3v) is 4.19. The van der Waals surface area contributed by atoms with Crippen molar-refractivity contribution in [3.8, 4) is 0 Å². The SMILES string of the molecule is CCC(C)C(N)CNC(C)c1nc(C)cs1. The fourth-order valence-electron chi connectivity index (χ4n) is 1.48. The molecule has 0 saturated heterocycles. The molecule has 0 spiro atoms. The van der Waals surface area contributed by atoms with Gasteiger partial charge in [-0.15, -0.1) is 11.3 Å². The zero-order chi connectivity index (χ0) is 12.1. The first-order valence-corrected chi connectivity index (χ1v) is 6.83. The molecule has 0 aromatic carbocycles. The molecule has 0 aliphatic carbocycles. The fourth-order valence-corrected chi connectivity index (χ4v) is 2.30. The van der Waals surface area contributed by atoms with Crippen LogP contribution in [0.1, 0.15) is 43.9 Å². The topological polar surface area (TPSA) is 50.9 Å². The first-order chi connectivity index (χ1) is 7.54. The van der Waals surface area contributed by atoms with Crippen molar-refractivity contribution in [2.24, 2.45) is 11.7 Å².